The lowest BCUT2D eigenvalue weighted by atomic mass is 9.81. The number of hydrogen-bond acceptors (Lipinski definition) is 3. The number of rotatable bonds is 3. The van der Waals surface area contributed by atoms with Crippen molar-refractivity contribution in [1.29, 1.82) is 0 Å². The van der Waals surface area contributed by atoms with Gasteiger partial charge in [0.1, 0.15) is 5.54 Å². The Hall–Kier alpha value is -2.43. The van der Waals surface area contributed by atoms with E-state index in [4.69, 9.17) is 0 Å². The van der Waals surface area contributed by atoms with Crippen LogP contribution in [0.1, 0.15) is 53.7 Å². The molecule has 126 valence electrons. The fourth-order valence-electron chi connectivity index (χ4n) is 3.45. The van der Waals surface area contributed by atoms with E-state index in [2.05, 4.69) is 10.3 Å². The second kappa shape index (κ2) is 6.23. The summed E-state index contributed by atoms with van der Waals surface area (Å²) in [5.74, 6) is -1.30. The first-order valence-electron chi connectivity index (χ1n) is 8.35. The number of nitrogens with zero attached hydrogens (tertiary/aromatic N) is 1. The lowest BCUT2D eigenvalue weighted by Gasteiger charge is -2.34. The van der Waals surface area contributed by atoms with E-state index in [1.165, 1.54) is 0 Å². The number of hydrogen-bond donors (Lipinski definition) is 2. The smallest absolute Gasteiger partial charge is 0.329 e. The normalized spacial score (nSPS) is 16.8. The summed E-state index contributed by atoms with van der Waals surface area (Å²) >= 11 is 0. The van der Waals surface area contributed by atoms with Gasteiger partial charge in [-0.05, 0) is 44.9 Å². The van der Waals surface area contributed by atoms with Gasteiger partial charge < -0.3 is 10.4 Å². The highest BCUT2D eigenvalue weighted by atomic mass is 16.4. The maximum atomic E-state index is 12.8. The van der Waals surface area contributed by atoms with Crippen LogP contribution in [0.2, 0.25) is 0 Å². The van der Waals surface area contributed by atoms with Gasteiger partial charge in [-0.1, -0.05) is 30.9 Å². The number of carboxylic acid groups (broad SMARTS) is 1. The first-order valence-corrected chi connectivity index (χ1v) is 8.35. The molecule has 1 amide bonds. The summed E-state index contributed by atoms with van der Waals surface area (Å²) in [6.45, 7) is 3.77. The molecule has 0 unspecified atom stereocenters. The monoisotopic (exact) mass is 326 g/mol. The van der Waals surface area contributed by atoms with Gasteiger partial charge in [0, 0.05) is 5.39 Å². The number of carbonyl (C=O) groups excluding carboxylic acids is 1. The van der Waals surface area contributed by atoms with Crippen LogP contribution in [-0.2, 0) is 4.79 Å². The number of amides is 1. The fourth-order valence-corrected chi connectivity index (χ4v) is 3.45. The van der Waals surface area contributed by atoms with E-state index < -0.39 is 11.5 Å². The minimum atomic E-state index is -1.15. The SMILES string of the molecule is Cc1ccc2nc(C)c(C(=O)NC3(C(=O)O)CCCCC3)cc2c1. The summed E-state index contributed by atoms with van der Waals surface area (Å²) in [6, 6.07) is 7.69. The second-order valence-electron chi connectivity index (χ2n) is 6.72. The molecule has 24 heavy (non-hydrogen) atoms. The molecule has 0 atom stereocenters. The number of aliphatic carboxylic acids is 1. The van der Waals surface area contributed by atoms with E-state index in [-0.39, 0.29) is 5.91 Å². The highest BCUT2D eigenvalue weighted by molar-refractivity contribution is 6.01. The van der Waals surface area contributed by atoms with Crippen molar-refractivity contribution in [3.05, 3.63) is 41.1 Å². The van der Waals surface area contributed by atoms with Gasteiger partial charge in [-0.3, -0.25) is 9.78 Å². The lowest BCUT2D eigenvalue weighted by Crippen LogP contribution is -2.55. The third-order valence-corrected chi connectivity index (χ3v) is 4.87. The molecular weight excluding hydrogens is 304 g/mol. The Morgan fingerprint density at radius 2 is 1.83 bits per heavy atom. The molecule has 1 aromatic heterocycles. The molecule has 1 aliphatic carbocycles. The topological polar surface area (TPSA) is 79.3 Å². The maximum absolute atomic E-state index is 12.8. The van der Waals surface area contributed by atoms with E-state index in [1.54, 1.807) is 13.0 Å². The van der Waals surface area contributed by atoms with E-state index in [0.717, 1.165) is 35.7 Å². The van der Waals surface area contributed by atoms with Crippen LogP contribution in [0.4, 0.5) is 0 Å². The molecule has 1 aliphatic rings. The average Bonchev–Trinajstić information content (AvgIpc) is 2.55. The van der Waals surface area contributed by atoms with Crippen LogP contribution in [-0.4, -0.2) is 27.5 Å². The molecule has 1 aromatic carbocycles. The van der Waals surface area contributed by atoms with Crippen molar-refractivity contribution in [3.8, 4) is 0 Å². The lowest BCUT2D eigenvalue weighted by molar-refractivity contribution is -0.145. The Labute approximate surface area is 141 Å². The van der Waals surface area contributed by atoms with E-state index >= 15 is 0 Å². The van der Waals surface area contributed by atoms with Gasteiger partial charge in [0.2, 0.25) is 0 Å². The van der Waals surface area contributed by atoms with E-state index in [9.17, 15) is 14.7 Å². The maximum Gasteiger partial charge on any atom is 0.329 e. The van der Waals surface area contributed by atoms with Gasteiger partial charge in [-0.25, -0.2) is 4.79 Å². The highest BCUT2D eigenvalue weighted by Gasteiger charge is 2.41. The largest absolute Gasteiger partial charge is 0.480 e. The molecule has 0 saturated heterocycles. The zero-order valence-corrected chi connectivity index (χ0v) is 14.1. The van der Waals surface area contributed by atoms with Gasteiger partial charge in [0.05, 0.1) is 16.8 Å². The van der Waals surface area contributed by atoms with Gasteiger partial charge in [-0.15, -0.1) is 0 Å². The number of carboxylic acids is 1. The second-order valence-corrected chi connectivity index (χ2v) is 6.72. The van der Waals surface area contributed by atoms with Crippen LogP contribution in [0.15, 0.2) is 24.3 Å². The van der Waals surface area contributed by atoms with Gasteiger partial charge in [0.25, 0.3) is 5.91 Å². The molecule has 3 rings (SSSR count). The molecule has 0 radical (unpaired) electrons. The Morgan fingerprint density at radius 1 is 1.12 bits per heavy atom. The average molecular weight is 326 g/mol. The Bertz CT molecular complexity index is 808. The first-order chi connectivity index (χ1) is 11.4. The number of aryl methyl sites for hydroxylation is 2. The molecule has 5 nitrogen and oxygen atoms in total. The summed E-state index contributed by atoms with van der Waals surface area (Å²) < 4.78 is 0. The highest BCUT2D eigenvalue weighted by Crippen LogP contribution is 2.29. The number of benzene rings is 1. The zero-order valence-electron chi connectivity index (χ0n) is 14.1. The molecule has 1 heterocycles. The van der Waals surface area contributed by atoms with E-state index in [0.29, 0.717) is 24.1 Å². The number of fused-ring (bicyclic) bond motifs is 1. The van der Waals surface area contributed by atoms with Crippen LogP contribution >= 0.6 is 0 Å². The van der Waals surface area contributed by atoms with Crippen LogP contribution < -0.4 is 5.32 Å². The first kappa shape index (κ1) is 16.4. The van der Waals surface area contributed by atoms with Crippen LogP contribution in [0.5, 0.6) is 0 Å². The quantitative estimate of drug-likeness (QED) is 0.906. The molecule has 0 aliphatic heterocycles. The third-order valence-electron chi connectivity index (χ3n) is 4.87. The van der Waals surface area contributed by atoms with Crippen LogP contribution in [0.25, 0.3) is 10.9 Å². The van der Waals surface area contributed by atoms with Crippen molar-refractivity contribution in [3.63, 3.8) is 0 Å². The fraction of sp³-hybridized carbons (Fsp3) is 0.421. The molecule has 0 spiro atoms. The summed E-state index contributed by atoms with van der Waals surface area (Å²) in [6.07, 6.45) is 3.61. The summed E-state index contributed by atoms with van der Waals surface area (Å²) in [5, 5.41) is 13.3. The standard InChI is InChI=1S/C19H22N2O3/c1-12-6-7-16-14(10-12)11-15(13(2)20-16)17(22)21-19(18(23)24)8-4-3-5-9-19/h6-7,10-11H,3-5,8-9H2,1-2H3,(H,21,22)(H,23,24). The molecule has 0 bridgehead atoms. The van der Waals surface area contributed by atoms with Crippen molar-refractivity contribution in [2.24, 2.45) is 0 Å². The van der Waals surface area contributed by atoms with Crippen molar-refractivity contribution >= 4 is 22.8 Å². The summed E-state index contributed by atoms with van der Waals surface area (Å²) in [5.41, 5.74) is 1.83. The predicted octanol–water partition coefficient (Wildman–Crippen LogP) is 3.37. The predicted molar refractivity (Wildman–Crippen MR) is 92.1 cm³/mol. The molecule has 1 fully saturated rings. The van der Waals surface area contributed by atoms with Gasteiger partial charge >= 0.3 is 5.97 Å². The number of nitrogens with one attached hydrogen (secondary N) is 1. The van der Waals surface area contributed by atoms with E-state index in [1.807, 2.05) is 25.1 Å². The minimum Gasteiger partial charge on any atom is -0.480 e. The number of carbonyl (C=O) groups is 2. The Morgan fingerprint density at radius 3 is 2.50 bits per heavy atom. The summed E-state index contributed by atoms with van der Waals surface area (Å²) in [7, 11) is 0. The van der Waals surface area contributed by atoms with Crippen LogP contribution in [0, 0.1) is 13.8 Å². The van der Waals surface area contributed by atoms with Crippen molar-refractivity contribution < 1.29 is 14.7 Å². The Balaban J connectivity index is 1.95. The third kappa shape index (κ3) is 2.98. The molecule has 2 N–H and O–H groups in total. The summed E-state index contributed by atoms with van der Waals surface area (Å²) in [4.78, 5) is 29.0. The Kier molecular flexibility index (Phi) is 4.26. The molecule has 2 aromatic rings. The molecule has 1 saturated carbocycles. The van der Waals surface area contributed by atoms with Gasteiger partial charge in [-0.2, -0.15) is 0 Å². The van der Waals surface area contributed by atoms with Gasteiger partial charge in [0.15, 0.2) is 0 Å². The molecule has 5 heteroatoms. The minimum absolute atomic E-state index is 0.354. The molecular formula is C19H22N2O3. The van der Waals surface area contributed by atoms with Crippen molar-refractivity contribution in [2.75, 3.05) is 0 Å². The van der Waals surface area contributed by atoms with Crippen molar-refractivity contribution in [1.82, 2.24) is 10.3 Å². The number of aromatic nitrogens is 1. The zero-order chi connectivity index (χ0) is 17.3. The number of pyridine rings is 1. The van der Waals surface area contributed by atoms with Crippen LogP contribution in [0.3, 0.4) is 0 Å². The van der Waals surface area contributed by atoms with Crippen molar-refractivity contribution in [2.45, 2.75) is 51.5 Å².